The van der Waals surface area contributed by atoms with Crippen LogP contribution in [-0.4, -0.2) is 64.7 Å². The maximum atomic E-state index is 13.6. The number of methoxy groups -OCH3 is 2. The SMILES string of the molecule is CCCCNC(=O)[C@@H](C)N(Cc1cccc(C)c1)C(=O)CN(c1ccc(OC)c(OC)c1)S(C)(=O)=O. The molecule has 198 valence electrons. The zero-order chi connectivity index (χ0) is 26.9. The molecule has 0 aliphatic heterocycles. The highest BCUT2D eigenvalue weighted by Crippen LogP contribution is 2.32. The van der Waals surface area contributed by atoms with Crippen LogP contribution in [0, 0.1) is 6.92 Å². The lowest BCUT2D eigenvalue weighted by Gasteiger charge is -2.31. The molecule has 0 radical (unpaired) electrons. The van der Waals surface area contributed by atoms with E-state index in [1.54, 1.807) is 19.1 Å². The molecule has 2 aromatic rings. The molecular formula is C26H37N3O6S. The Bertz CT molecular complexity index is 1150. The van der Waals surface area contributed by atoms with Crippen LogP contribution < -0.4 is 19.1 Å². The van der Waals surface area contributed by atoms with Gasteiger partial charge in [-0.15, -0.1) is 0 Å². The van der Waals surface area contributed by atoms with E-state index in [9.17, 15) is 18.0 Å². The highest BCUT2D eigenvalue weighted by molar-refractivity contribution is 7.92. The summed E-state index contributed by atoms with van der Waals surface area (Å²) in [7, 11) is -0.923. The Kier molecular flexibility index (Phi) is 10.6. The van der Waals surface area contributed by atoms with E-state index >= 15 is 0 Å². The second-order valence-corrected chi connectivity index (χ2v) is 10.5. The molecule has 0 fully saturated rings. The van der Waals surface area contributed by atoms with Gasteiger partial charge in [-0.3, -0.25) is 13.9 Å². The van der Waals surface area contributed by atoms with E-state index in [2.05, 4.69) is 5.32 Å². The molecule has 2 amide bonds. The summed E-state index contributed by atoms with van der Waals surface area (Å²) < 4.78 is 37.0. The molecule has 36 heavy (non-hydrogen) atoms. The standard InChI is InChI=1S/C26H37N3O6S/c1-7-8-14-27-26(31)20(3)28(17-21-11-9-10-19(2)15-21)25(30)18-29(36(6,32)33)22-12-13-23(34-4)24(16-22)35-5/h9-13,15-16,20H,7-8,14,17-18H2,1-6H3,(H,27,31)/t20-/m1/s1. The summed E-state index contributed by atoms with van der Waals surface area (Å²) in [5.74, 6) is -0.0350. The predicted octanol–water partition coefficient (Wildman–Crippen LogP) is 3.11. The van der Waals surface area contributed by atoms with Crippen molar-refractivity contribution in [3.63, 3.8) is 0 Å². The monoisotopic (exact) mass is 519 g/mol. The van der Waals surface area contributed by atoms with Crippen LogP contribution in [0.2, 0.25) is 0 Å². The van der Waals surface area contributed by atoms with Crippen LogP contribution >= 0.6 is 0 Å². The summed E-state index contributed by atoms with van der Waals surface area (Å²) >= 11 is 0. The minimum Gasteiger partial charge on any atom is -0.493 e. The molecule has 2 rings (SSSR count). The molecule has 0 bridgehead atoms. The smallest absolute Gasteiger partial charge is 0.244 e. The van der Waals surface area contributed by atoms with Gasteiger partial charge in [-0.1, -0.05) is 43.2 Å². The fourth-order valence-corrected chi connectivity index (χ4v) is 4.56. The molecule has 2 aromatic carbocycles. The van der Waals surface area contributed by atoms with E-state index in [-0.39, 0.29) is 18.1 Å². The fourth-order valence-electron chi connectivity index (χ4n) is 3.72. The third-order valence-corrected chi connectivity index (χ3v) is 6.91. The zero-order valence-electron chi connectivity index (χ0n) is 21.9. The van der Waals surface area contributed by atoms with Crippen molar-refractivity contribution in [2.75, 3.05) is 37.9 Å². The van der Waals surface area contributed by atoms with Crippen molar-refractivity contribution in [3.8, 4) is 11.5 Å². The Morgan fingerprint density at radius 2 is 1.75 bits per heavy atom. The van der Waals surface area contributed by atoms with Gasteiger partial charge in [0.25, 0.3) is 0 Å². The number of rotatable bonds is 13. The summed E-state index contributed by atoms with van der Waals surface area (Å²) in [5, 5.41) is 2.86. The number of ether oxygens (including phenoxy) is 2. The van der Waals surface area contributed by atoms with E-state index < -0.39 is 28.5 Å². The number of nitrogens with one attached hydrogen (secondary N) is 1. The molecule has 1 N–H and O–H groups in total. The van der Waals surface area contributed by atoms with Crippen LogP contribution in [0.3, 0.4) is 0 Å². The molecule has 0 aliphatic rings. The number of unbranched alkanes of at least 4 members (excludes halogenated alkanes) is 1. The number of benzene rings is 2. The first-order valence-electron chi connectivity index (χ1n) is 11.8. The normalized spacial score (nSPS) is 11.9. The van der Waals surface area contributed by atoms with Crippen LogP contribution in [0.25, 0.3) is 0 Å². The molecule has 0 heterocycles. The maximum absolute atomic E-state index is 13.6. The van der Waals surface area contributed by atoms with Crippen LogP contribution in [0.1, 0.15) is 37.8 Å². The Morgan fingerprint density at radius 3 is 2.33 bits per heavy atom. The van der Waals surface area contributed by atoms with Crippen molar-refractivity contribution in [3.05, 3.63) is 53.6 Å². The molecule has 0 saturated heterocycles. The third-order valence-electron chi connectivity index (χ3n) is 5.77. The molecule has 9 nitrogen and oxygen atoms in total. The highest BCUT2D eigenvalue weighted by atomic mass is 32.2. The second-order valence-electron chi connectivity index (χ2n) is 8.64. The van der Waals surface area contributed by atoms with Crippen molar-refractivity contribution in [1.82, 2.24) is 10.2 Å². The molecule has 0 aliphatic carbocycles. The van der Waals surface area contributed by atoms with Crippen molar-refractivity contribution in [2.45, 2.75) is 46.2 Å². The number of hydrogen-bond acceptors (Lipinski definition) is 6. The number of hydrogen-bond donors (Lipinski definition) is 1. The fraction of sp³-hybridized carbons (Fsp3) is 0.462. The molecule has 1 atom stereocenters. The summed E-state index contributed by atoms with van der Waals surface area (Å²) in [6, 6.07) is 11.4. The van der Waals surface area contributed by atoms with Crippen molar-refractivity contribution < 1.29 is 27.5 Å². The lowest BCUT2D eigenvalue weighted by atomic mass is 10.1. The minimum absolute atomic E-state index is 0.159. The van der Waals surface area contributed by atoms with E-state index in [0.717, 1.165) is 34.5 Å². The van der Waals surface area contributed by atoms with Crippen molar-refractivity contribution >= 4 is 27.5 Å². The van der Waals surface area contributed by atoms with Crippen molar-refractivity contribution in [1.29, 1.82) is 0 Å². The number of carbonyl (C=O) groups is 2. The Labute approximate surface area is 214 Å². The summed E-state index contributed by atoms with van der Waals surface area (Å²) in [4.78, 5) is 27.9. The second kappa shape index (κ2) is 13.2. The van der Waals surface area contributed by atoms with Gasteiger partial charge in [0, 0.05) is 19.2 Å². The number of carbonyl (C=O) groups excluding carboxylic acids is 2. The first kappa shape index (κ1) is 29.0. The Hall–Kier alpha value is -3.27. The summed E-state index contributed by atoms with van der Waals surface area (Å²) in [5.41, 5.74) is 2.11. The summed E-state index contributed by atoms with van der Waals surface area (Å²) in [6.45, 7) is 5.80. The Morgan fingerprint density at radius 1 is 1.06 bits per heavy atom. The quantitative estimate of drug-likeness (QED) is 0.408. The minimum atomic E-state index is -3.85. The average molecular weight is 520 g/mol. The van der Waals surface area contributed by atoms with E-state index in [1.807, 2.05) is 38.1 Å². The first-order valence-corrected chi connectivity index (χ1v) is 13.7. The Balaban J connectivity index is 2.40. The largest absolute Gasteiger partial charge is 0.493 e. The molecule has 0 unspecified atom stereocenters. The summed E-state index contributed by atoms with van der Waals surface area (Å²) in [6.07, 6.45) is 2.78. The lowest BCUT2D eigenvalue weighted by molar-refractivity contribution is -0.139. The molecule has 0 saturated carbocycles. The van der Waals surface area contributed by atoms with Crippen LogP contribution in [0.15, 0.2) is 42.5 Å². The van der Waals surface area contributed by atoms with Gasteiger partial charge in [0.2, 0.25) is 21.8 Å². The molecule has 0 aromatic heterocycles. The lowest BCUT2D eigenvalue weighted by Crippen LogP contribution is -2.51. The number of sulfonamides is 1. The van der Waals surface area contributed by atoms with Gasteiger partial charge in [-0.2, -0.15) is 0 Å². The van der Waals surface area contributed by atoms with Crippen LogP contribution in [0.5, 0.6) is 11.5 Å². The zero-order valence-corrected chi connectivity index (χ0v) is 22.7. The van der Waals surface area contributed by atoms with E-state index in [4.69, 9.17) is 9.47 Å². The maximum Gasteiger partial charge on any atom is 0.244 e. The third kappa shape index (κ3) is 7.87. The number of amides is 2. The van der Waals surface area contributed by atoms with Crippen molar-refractivity contribution in [2.24, 2.45) is 0 Å². The van der Waals surface area contributed by atoms with E-state index in [0.29, 0.717) is 18.0 Å². The molecule has 0 spiro atoms. The van der Waals surface area contributed by atoms with Gasteiger partial charge in [-0.25, -0.2) is 8.42 Å². The van der Waals surface area contributed by atoms with Gasteiger partial charge >= 0.3 is 0 Å². The number of nitrogens with zero attached hydrogens (tertiary/aromatic N) is 2. The van der Waals surface area contributed by atoms with Crippen LogP contribution in [0.4, 0.5) is 5.69 Å². The number of anilines is 1. The van der Waals surface area contributed by atoms with Gasteiger partial charge < -0.3 is 19.7 Å². The van der Waals surface area contributed by atoms with E-state index in [1.165, 1.54) is 25.2 Å². The van der Waals surface area contributed by atoms with Gasteiger partial charge in [0.1, 0.15) is 12.6 Å². The van der Waals surface area contributed by atoms with Gasteiger partial charge in [0.15, 0.2) is 11.5 Å². The first-order chi connectivity index (χ1) is 17.0. The van der Waals surface area contributed by atoms with Crippen LogP contribution in [-0.2, 0) is 26.2 Å². The van der Waals surface area contributed by atoms with Gasteiger partial charge in [-0.05, 0) is 38.0 Å². The number of aryl methyl sites for hydroxylation is 1. The average Bonchev–Trinajstić information content (AvgIpc) is 2.84. The predicted molar refractivity (Wildman–Crippen MR) is 141 cm³/mol. The topological polar surface area (TPSA) is 105 Å². The van der Waals surface area contributed by atoms with Gasteiger partial charge in [0.05, 0.1) is 26.2 Å². The highest BCUT2D eigenvalue weighted by Gasteiger charge is 2.30. The molecular weight excluding hydrogens is 482 g/mol. The molecule has 10 heteroatoms.